The first-order chi connectivity index (χ1) is 8.71. The molecule has 0 atom stereocenters. The Hall–Kier alpha value is -0.790. The Morgan fingerprint density at radius 1 is 1.42 bits per heavy atom. The fourth-order valence-electron chi connectivity index (χ4n) is 1.73. The van der Waals surface area contributed by atoms with Crippen LogP contribution in [0.3, 0.4) is 0 Å². The molecular formula is C12H20O5S2. The highest BCUT2D eigenvalue weighted by Crippen LogP contribution is 2.51. The van der Waals surface area contributed by atoms with Crippen LogP contribution in [0.2, 0.25) is 0 Å². The van der Waals surface area contributed by atoms with Gasteiger partial charge in [-0.2, -0.15) is 8.42 Å². The summed E-state index contributed by atoms with van der Waals surface area (Å²) < 4.78 is 34.4. The van der Waals surface area contributed by atoms with Gasteiger partial charge >= 0.3 is 5.97 Å². The lowest BCUT2D eigenvalue weighted by Crippen LogP contribution is -2.20. The molecule has 0 aromatic rings. The molecule has 0 radical (unpaired) electrons. The molecule has 0 unspecified atom stereocenters. The molecule has 1 rings (SSSR count). The first-order valence-corrected chi connectivity index (χ1v) is 10.1. The van der Waals surface area contributed by atoms with E-state index in [0.717, 1.165) is 12.8 Å². The van der Waals surface area contributed by atoms with Crippen molar-refractivity contribution in [3.63, 3.8) is 0 Å². The predicted octanol–water partition coefficient (Wildman–Crippen LogP) is 1.72. The van der Waals surface area contributed by atoms with Gasteiger partial charge in [0.2, 0.25) is 0 Å². The zero-order valence-corrected chi connectivity index (χ0v) is 12.8. The maximum Gasteiger partial charge on any atom is 0.314 e. The SMILES string of the molecule is CS(C)(CC(=O)OCCS(=O)(=O)O)C1=CC=CCC1. The monoisotopic (exact) mass is 308 g/mol. The molecule has 110 valence electrons. The van der Waals surface area contributed by atoms with E-state index in [1.54, 1.807) is 0 Å². The number of hydrogen-bond donors (Lipinski definition) is 1. The van der Waals surface area contributed by atoms with E-state index in [1.165, 1.54) is 4.91 Å². The summed E-state index contributed by atoms with van der Waals surface area (Å²) >= 11 is 0. The Morgan fingerprint density at radius 3 is 2.63 bits per heavy atom. The summed E-state index contributed by atoms with van der Waals surface area (Å²) in [6.07, 6.45) is 12.2. The lowest BCUT2D eigenvalue weighted by atomic mass is 10.2. The molecule has 1 N–H and O–H groups in total. The molecule has 19 heavy (non-hydrogen) atoms. The van der Waals surface area contributed by atoms with Gasteiger partial charge in [0.1, 0.15) is 12.4 Å². The van der Waals surface area contributed by atoms with Crippen LogP contribution >= 0.6 is 10.0 Å². The molecular weight excluding hydrogens is 288 g/mol. The van der Waals surface area contributed by atoms with Gasteiger partial charge in [-0.25, -0.2) is 10.0 Å². The van der Waals surface area contributed by atoms with E-state index in [2.05, 4.69) is 6.08 Å². The summed E-state index contributed by atoms with van der Waals surface area (Å²) in [5.74, 6) is -0.697. The van der Waals surface area contributed by atoms with E-state index in [0.29, 0.717) is 0 Å². The summed E-state index contributed by atoms with van der Waals surface area (Å²) in [5, 5.41) is 0. The average Bonchev–Trinajstić information content (AvgIpc) is 2.27. The molecule has 0 saturated heterocycles. The van der Waals surface area contributed by atoms with E-state index in [4.69, 9.17) is 9.29 Å². The van der Waals surface area contributed by atoms with Crippen molar-refractivity contribution in [3.05, 3.63) is 23.1 Å². The molecule has 0 heterocycles. The van der Waals surface area contributed by atoms with Crippen molar-refractivity contribution in [2.24, 2.45) is 0 Å². The molecule has 1 aliphatic rings. The predicted molar refractivity (Wildman–Crippen MR) is 78.1 cm³/mol. The lowest BCUT2D eigenvalue weighted by Gasteiger charge is -2.34. The minimum Gasteiger partial charge on any atom is -0.464 e. The minimum atomic E-state index is -4.07. The molecule has 0 aromatic carbocycles. The molecule has 0 spiro atoms. The molecule has 7 heteroatoms. The summed E-state index contributed by atoms with van der Waals surface area (Å²) in [7, 11) is -5.30. The highest BCUT2D eigenvalue weighted by Gasteiger charge is 2.22. The maximum absolute atomic E-state index is 11.7. The second-order valence-electron chi connectivity index (χ2n) is 4.79. The second kappa shape index (κ2) is 6.58. The first-order valence-electron chi connectivity index (χ1n) is 5.88. The van der Waals surface area contributed by atoms with E-state index in [9.17, 15) is 13.2 Å². The Morgan fingerprint density at radius 2 is 2.11 bits per heavy atom. The number of carbonyl (C=O) groups excluding carboxylic acids is 1. The zero-order valence-electron chi connectivity index (χ0n) is 11.2. The molecule has 0 fully saturated rings. The van der Waals surface area contributed by atoms with Gasteiger partial charge in [0.25, 0.3) is 10.1 Å². The average molecular weight is 308 g/mol. The van der Waals surface area contributed by atoms with E-state index < -0.39 is 31.9 Å². The molecule has 0 saturated carbocycles. The molecule has 5 nitrogen and oxygen atoms in total. The normalized spacial score (nSPS) is 16.9. The number of carbonyl (C=O) groups is 1. The van der Waals surface area contributed by atoms with Crippen LogP contribution in [0.4, 0.5) is 0 Å². The van der Waals surface area contributed by atoms with Gasteiger partial charge in [0.15, 0.2) is 0 Å². The standard InChI is InChI=1S/C12H20O5S2/c1-18(2,11-6-4-3-5-7-11)10-12(13)17-8-9-19(14,15)16/h3-4,6H,5,7-10H2,1-2H3,(H,14,15,16). The third-order valence-corrected chi connectivity index (χ3v) is 6.17. The summed E-state index contributed by atoms with van der Waals surface area (Å²) in [6, 6.07) is 0. The number of rotatable bonds is 6. The smallest absolute Gasteiger partial charge is 0.314 e. The van der Waals surface area contributed by atoms with Crippen molar-refractivity contribution in [1.82, 2.24) is 0 Å². The highest BCUT2D eigenvalue weighted by atomic mass is 32.3. The summed E-state index contributed by atoms with van der Waals surface area (Å²) in [4.78, 5) is 12.9. The van der Waals surface area contributed by atoms with E-state index in [-0.39, 0.29) is 12.4 Å². The lowest BCUT2D eigenvalue weighted by molar-refractivity contribution is -0.139. The van der Waals surface area contributed by atoms with Gasteiger partial charge in [-0.3, -0.25) is 9.35 Å². The first kappa shape index (κ1) is 16.3. The van der Waals surface area contributed by atoms with Gasteiger partial charge in [-0.15, -0.1) is 0 Å². The number of ether oxygens (including phenoxy) is 1. The van der Waals surface area contributed by atoms with Crippen LogP contribution in [0.25, 0.3) is 0 Å². The van der Waals surface area contributed by atoms with Crippen LogP contribution in [-0.2, 0) is 19.6 Å². The fourth-order valence-corrected chi connectivity index (χ4v) is 4.00. The van der Waals surface area contributed by atoms with Crippen LogP contribution in [0.5, 0.6) is 0 Å². The molecule has 0 bridgehead atoms. The third kappa shape index (κ3) is 6.26. The quantitative estimate of drug-likeness (QED) is 0.597. The van der Waals surface area contributed by atoms with Crippen molar-refractivity contribution in [2.75, 3.05) is 30.6 Å². The van der Waals surface area contributed by atoms with Gasteiger partial charge in [0.05, 0.1) is 5.75 Å². The van der Waals surface area contributed by atoms with Gasteiger partial charge < -0.3 is 4.74 Å². The molecule has 0 aliphatic heterocycles. The molecule has 0 aromatic heterocycles. The van der Waals surface area contributed by atoms with E-state index >= 15 is 0 Å². The second-order valence-corrected chi connectivity index (χ2v) is 10.3. The van der Waals surface area contributed by atoms with Crippen molar-refractivity contribution in [2.45, 2.75) is 12.8 Å². The Bertz CT molecular complexity index is 488. The van der Waals surface area contributed by atoms with Crippen LogP contribution in [0.1, 0.15) is 12.8 Å². The van der Waals surface area contributed by atoms with Gasteiger partial charge in [-0.05, 0) is 30.3 Å². The number of esters is 1. The Kier molecular flexibility index (Phi) is 5.64. The van der Waals surface area contributed by atoms with Crippen LogP contribution in [0.15, 0.2) is 23.1 Å². The van der Waals surface area contributed by atoms with Crippen molar-refractivity contribution < 1.29 is 22.5 Å². The van der Waals surface area contributed by atoms with Crippen LogP contribution in [-0.4, -0.2) is 49.6 Å². The number of hydrogen-bond acceptors (Lipinski definition) is 4. The van der Waals surface area contributed by atoms with Crippen LogP contribution in [0, 0.1) is 0 Å². The largest absolute Gasteiger partial charge is 0.464 e. The van der Waals surface area contributed by atoms with Gasteiger partial charge in [0, 0.05) is 0 Å². The number of allylic oxidation sites excluding steroid dienone is 4. The summed E-state index contributed by atoms with van der Waals surface area (Å²) in [6.45, 7) is -0.299. The minimum absolute atomic E-state index is 0.276. The van der Waals surface area contributed by atoms with Crippen molar-refractivity contribution in [1.29, 1.82) is 0 Å². The summed E-state index contributed by atoms with van der Waals surface area (Å²) in [5.41, 5.74) is 0. The maximum atomic E-state index is 11.7. The molecule has 1 aliphatic carbocycles. The van der Waals surface area contributed by atoms with E-state index in [1.807, 2.05) is 24.7 Å². The van der Waals surface area contributed by atoms with Gasteiger partial charge in [-0.1, -0.05) is 18.2 Å². The third-order valence-electron chi connectivity index (χ3n) is 2.77. The van der Waals surface area contributed by atoms with Crippen LogP contribution < -0.4 is 0 Å². The fraction of sp³-hybridized carbons (Fsp3) is 0.583. The zero-order chi connectivity index (χ0) is 14.5. The highest BCUT2D eigenvalue weighted by molar-refractivity contribution is 8.36. The van der Waals surface area contributed by atoms with Crippen molar-refractivity contribution >= 4 is 26.1 Å². The van der Waals surface area contributed by atoms with Crippen molar-refractivity contribution in [3.8, 4) is 0 Å². The topological polar surface area (TPSA) is 80.7 Å². The Balaban J connectivity index is 2.47. The Labute approximate surface area is 115 Å². The molecule has 0 amide bonds.